The van der Waals surface area contributed by atoms with Gasteiger partial charge < -0.3 is 15.2 Å². The normalized spacial score (nSPS) is 25.1. The molecule has 2 rings (SSSR count). The molecule has 1 aliphatic carbocycles. The molecule has 3 unspecified atom stereocenters. The van der Waals surface area contributed by atoms with Gasteiger partial charge in [-0.15, -0.1) is 0 Å². The number of methoxy groups -OCH3 is 1. The molecule has 3 atom stereocenters. The maximum atomic E-state index is 9.59. The highest BCUT2D eigenvalue weighted by atomic mass is 16.5. The highest BCUT2D eigenvalue weighted by molar-refractivity contribution is 5.30. The van der Waals surface area contributed by atoms with E-state index in [0.29, 0.717) is 12.0 Å². The molecule has 3 nitrogen and oxygen atoms in total. The van der Waals surface area contributed by atoms with Gasteiger partial charge in [-0.2, -0.15) is 0 Å². The monoisotopic (exact) mass is 249 g/mol. The summed E-state index contributed by atoms with van der Waals surface area (Å²) in [6, 6.07) is 8.45. The number of hydrogen-bond acceptors (Lipinski definition) is 3. The van der Waals surface area contributed by atoms with Crippen molar-refractivity contribution in [3.63, 3.8) is 0 Å². The molecule has 1 fully saturated rings. The van der Waals surface area contributed by atoms with Crippen molar-refractivity contribution in [1.29, 1.82) is 0 Å². The summed E-state index contributed by atoms with van der Waals surface area (Å²) >= 11 is 0. The zero-order chi connectivity index (χ0) is 13.0. The smallest absolute Gasteiger partial charge is 0.119 e. The number of rotatable bonds is 5. The Hall–Kier alpha value is -1.06. The molecule has 1 aromatic rings. The third-order valence-electron chi connectivity index (χ3n) is 3.96. The highest BCUT2D eigenvalue weighted by Gasteiger charge is 2.25. The van der Waals surface area contributed by atoms with E-state index in [4.69, 9.17) is 4.74 Å². The molecular formula is C15H23NO2. The molecule has 18 heavy (non-hydrogen) atoms. The lowest BCUT2D eigenvalue weighted by atomic mass is 10.0. The van der Waals surface area contributed by atoms with E-state index in [2.05, 4.69) is 12.2 Å². The minimum atomic E-state index is 0.00523. The topological polar surface area (TPSA) is 41.5 Å². The summed E-state index contributed by atoms with van der Waals surface area (Å²) in [6.07, 6.45) is 3.78. The lowest BCUT2D eigenvalue weighted by Crippen LogP contribution is -2.36. The molecule has 1 saturated carbocycles. The van der Waals surface area contributed by atoms with E-state index >= 15 is 0 Å². The van der Waals surface area contributed by atoms with Gasteiger partial charge in [-0.3, -0.25) is 0 Å². The number of hydrogen-bond donors (Lipinski definition) is 2. The third kappa shape index (κ3) is 3.03. The van der Waals surface area contributed by atoms with Gasteiger partial charge in [0.05, 0.1) is 19.8 Å². The average Bonchev–Trinajstić information content (AvgIpc) is 2.81. The molecule has 0 saturated heterocycles. The van der Waals surface area contributed by atoms with E-state index in [1.54, 1.807) is 7.11 Å². The Morgan fingerprint density at radius 3 is 2.89 bits per heavy atom. The summed E-state index contributed by atoms with van der Waals surface area (Å²) in [5, 5.41) is 13.2. The summed E-state index contributed by atoms with van der Waals surface area (Å²) in [5.41, 5.74) is 1.09. The Kier molecular flexibility index (Phi) is 4.61. The predicted octanol–water partition coefficient (Wildman–Crippen LogP) is 2.51. The van der Waals surface area contributed by atoms with Crippen LogP contribution in [-0.2, 0) is 0 Å². The van der Waals surface area contributed by atoms with Crippen LogP contribution in [-0.4, -0.2) is 24.9 Å². The SMILES string of the molecule is COc1cccc(C(CO)NC2CCCC2C)c1. The zero-order valence-electron chi connectivity index (χ0n) is 11.2. The van der Waals surface area contributed by atoms with E-state index in [-0.39, 0.29) is 12.6 Å². The Balaban J connectivity index is 2.07. The van der Waals surface area contributed by atoms with Crippen molar-refractivity contribution in [2.75, 3.05) is 13.7 Å². The van der Waals surface area contributed by atoms with Crippen molar-refractivity contribution in [2.24, 2.45) is 5.92 Å². The van der Waals surface area contributed by atoms with Crippen molar-refractivity contribution < 1.29 is 9.84 Å². The summed E-state index contributed by atoms with van der Waals surface area (Å²) in [7, 11) is 1.67. The van der Waals surface area contributed by atoms with Crippen LogP contribution in [0.15, 0.2) is 24.3 Å². The number of aliphatic hydroxyl groups excluding tert-OH is 1. The van der Waals surface area contributed by atoms with Gasteiger partial charge in [0.25, 0.3) is 0 Å². The second kappa shape index (κ2) is 6.21. The van der Waals surface area contributed by atoms with Gasteiger partial charge in [0, 0.05) is 6.04 Å². The first-order chi connectivity index (χ1) is 8.74. The van der Waals surface area contributed by atoms with Gasteiger partial charge in [-0.25, -0.2) is 0 Å². The molecule has 0 aromatic heterocycles. The Morgan fingerprint density at radius 2 is 2.28 bits per heavy atom. The summed E-state index contributed by atoms with van der Waals surface area (Å²) in [6.45, 7) is 2.40. The fourth-order valence-corrected chi connectivity index (χ4v) is 2.76. The summed E-state index contributed by atoms with van der Waals surface area (Å²) in [5.74, 6) is 1.54. The van der Waals surface area contributed by atoms with Gasteiger partial charge in [0.2, 0.25) is 0 Å². The molecule has 0 aliphatic heterocycles. The van der Waals surface area contributed by atoms with Gasteiger partial charge in [-0.1, -0.05) is 25.5 Å². The summed E-state index contributed by atoms with van der Waals surface area (Å²) in [4.78, 5) is 0. The van der Waals surface area contributed by atoms with E-state index in [0.717, 1.165) is 11.3 Å². The number of aliphatic hydroxyl groups is 1. The average molecular weight is 249 g/mol. The molecule has 1 aromatic carbocycles. The molecule has 0 bridgehead atoms. The van der Waals surface area contributed by atoms with Crippen molar-refractivity contribution in [3.05, 3.63) is 29.8 Å². The third-order valence-corrected chi connectivity index (χ3v) is 3.96. The van der Waals surface area contributed by atoms with Crippen LogP contribution in [0.25, 0.3) is 0 Å². The molecule has 3 heteroatoms. The maximum Gasteiger partial charge on any atom is 0.119 e. The fourth-order valence-electron chi connectivity index (χ4n) is 2.76. The van der Waals surface area contributed by atoms with Crippen molar-refractivity contribution in [3.8, 4) is 5.75 Å². The molecule has 1 aliphatic rings. The van der Waals surface area contributed by atoms with Crippen molar-refractivity contribution in [1.82, 2.24) is 5.32 Å². The van der Waals surface area contributed by atoms with Crippen molar-refractivity contribution >= 4 is 0 Å². The molecule has 2 N–H and O–H groups in total. The van der Waals surface area contributed by atoms with Crippen molar-refractivity contribution in [2.45, 2.75) is 38.3 Å². The van der Waals surface area contributed by atoms with Crippen LogP contribution < -0.4 is 10.1 Å². The van der Waals surface area contributed by atoms with Gasteiger partial charge >= 0.3 is 0 Å². The van der Waals surface area contributed by atoms with Crippen LogP contribution in [0.5, 0.6) is 5.75 Å². The molecule has 0 spiro atoms. The van der Waals surface area contributed by atoms with Gasteiger partial charge in [0.1, 0.15) is 5.75 Å². The molecule has 0 heterocycles. The Bertz CT molecular complexity index is 381. The molecule has 0 amide bonds. The van der Waals surface area contributed by atoms with Gasteiger partial charge in [0.15, 0.2) is 0 Å². The summed E-state index contributed by atoms with van der Waals surface area (Å²) < 4.78 is 5.23. The lowest BCUT2D eigenvalue weighted by molar-refractivity contribution is 0.224. The standard InChI is InChI=1S/C15H23NO2/c1-11-5-3-8-14(11)16-15(10-17)12-6-4-7-13(9-12)18-2/h4,6-7,9,11,14-17H,3,5,8,10H2,1-2H3. The van der Waals surface area contributed by atoms with Crippen LogP contribution in [0.3, 0.4) is 0 Å². The first kappa shape index (κ1) is 13.4. The Labute approximate surface area is 109 Å². The first-order valence-corrected chi connectivity index (χ1v) is 6.75. The largest absolute Gasteiger partial charge is 0.497 e. The quantitative estimate of drug-likeness (QED) is 0.842. The van der Waals surface area contributed by atoms with E-state index in [1.165, 1.54) is 19.3 Å². The molecule has 0 radical (unpaired) electrons. The lowest BCUT2D eigenvalue weighted by Gasteiger charge is -2.24. The second-order valence-corrected chi connectivity index (χ2v) is 5.19. The Morgan fingerprint density at radius 1 is 1.44 bits per heavy atom. The first-order valence-electron chi connectivity index (χ1n) is 6.75. The predicted molar refractivity (Wildman–Crippen MR) is 72.8 cm³/mol. The number of nitrogens with one attached hydrogen (secondary N) is 1. The van der Waals surface area contributed by atoms with Gasteiger partial charge in [-0.05, 0) is 36.5 Å². The van der Waals surface area contributed by atoms with E-state index in [9.17, 15) is 5.11 Å². The van der Waals surface area contributed by atoms with Crippen LogP contribution in [0.2, 0.25) is 0 Å². The van der Waals surface area contributed by atoms with E-state index in [1.807, 2.05) is 24.3 Å². The van der Waals surface area contributed by atoms with E-state index < -0.39 is 0 Å². The molecular weight excluding hydrogens is 226 g/mol. The molecule has 100 valence electrons. The van der Waals surface area contributed by atoms with Crippen LogP contribution >= 0.6 is 0 Å². The number of ether oxygens (including phenoxy) is 1. The number of benzene rings is 1. The van der Waals surface area contributed by atoms with Crippen LogP contribution in [0, 0.1) is 5.92 Å². The second-order valence-electron chi connectivity index (χ2n) is 5.19. The van der Waals surface area contributed by atoms with Crippen LogP contribution in [0.1, 0.15) is 37.8 Å². The minimum Gasteiger partial charge on any atom is -0.497 e. The zero-order valence-corrected chi connectivity index (χ0v) is 11.2. The maximum absolute atomic E-state index is 9.59. The minimum absolute atomic E-state index is 0.00523. The highest BCUT2D eigenvalue weighted by Crippen LogP contribution is 2.28. The fraction of sp³-hybridized carbons (Fsp3) is 0.600. The van der Waals surface area contributed by atoms with Crippen LogP contribution in [0.4, 0.5) is 0 Å².